The maximum Gasteiger partial charge on any atom is 0.251 e. The number of carbonyl (C=O) groups excluding carboxylic acids is 1. The highest BCUT2D eigenvalue weighted by molar-refractivity contribution is 9.10. The number of aromatic nitrogens is 2. The SMILES string of the molecule is COc1ccc(OCc2ccc(C(=O)NCCCn3nc(C)c(Br)c3C)cc2)cc1. The zero-order chi connectivity index (χ0) is 21.5. The Morgan fingerprint density at radius 2 is 1.73 bits per heavy atom. The Bertz CT molecular complexity index is 982. The highest BCUT2D eigenvalue weighted by Gasteiger charge is 2.09. The molecule has 30 heavy (non-hydrogen) atoms. The second kappa shape index (κ2) is 10.3. The van der Waals surface area contributed by atoms with Crippen LogP contribution in [-0.2, 0) is 13.2 Å². The summed E-state index contributed by atoms with van der Waals surface area (Å²) >= 11 is 3.53. The average Bonchev–Trinajstić information content (AvgIpc) is 3.02. The van der Waals surface area contributed by atoms with E-state index in [9.17, 15) is 4.79 Å². The van der Waals surface area contributed by atoms with Gasteiger partial charge in [-0.3, -0.25) is 9.48 Å². The molecule has 2 aromatic carbocycles. The summed E-state index contributed by atoms with van der Waals surface area (Å²) in [6, 6.07) is 14.9. The van der Waals surface area contributed by atoms with E-state index in [0.29, 0.717) is 18.7 Å². The molecule has 0 aliphatic heterocycles. The van der Waals surface area contributed by atoms with Gasteiger partial charge in [0, 0.05) is 24.3 Å². The van der Waals surface area contributed by atoms with Crippen LogP contribution in [0.1, 0.15) is 33.7 Å². The van der Waals surface area contributed by atoms with E-state index in [1.807, 2.05) is 67.1 Å². The molecule has 1 amide bonds. The largest absolute Gasteiger partial charge is 0.497 e. The van der Waals surface area contributed by atoms with Crippen molar-refractivity contribution in [3.05, 3.63) is 75.5 Å². The van der Waals surface area contributed by atoms with Gasteiger partial charge in [-0.15, -0.1) is 0 Å². The fourth-order valence-corrected chi connectivity index (χ4v) is 3.30. The van der Waals surface area contributed by atoms with Crippen LogP contribution in [0, 0.1) is 13.8 Å². The van der Waals surface area contributed by atoms with Gasteiger partial charge in [-0.1, -0.05) is 12.1 Å². The van der Waals surface area contributed by atoms with Crippen molar-refractivity contribution in [2.45, 2.75) is 33.4 Å². The third kappa shape index (κ3) is 5.63. The first kappa shape index (κ1) is 21.9. The lowest BCUT2D eigenvalue weighted by molar-refractivity contribution is 0.0952. The van der Waals surface area contributed by atoms with Gasteiger partial charge in [-0.25, -0.2) is 0 Å². The number of methoxy groups -OCH3 is 1. The Kier molecular flexibility index (Phi) is 7.52. The molecule has 1 aromatic heterocycles. The minimum atomic E-state index is -0.0767. The molecule has 158 valence electrons. The van der Waals surface area contributed by atoms with Gasteiger partial charge in [0.15, 0.2) is 0 Å². The number of nitrogens with zero attached hydrogens (tertiary/aromatic N) is 2. The number of aryl methyl sites for hydroxylation is 2. The Labute approximate surface area is 185 Å². The normalized spacial score (nSPS) is 10.7. The van der Waals surface area contributed by atoms with Crippen LogP contribution in [0.4, 0.5) is 0 Å². The smallest absolute Gasteiger partial charge is 0.251 e. The second-order valence-electron chi connectivity index (χ2n) is 6.98. The quantitative estimate of drug-likeness (QED) is 0.460. The van der Waals surface area contributed by atoms with Gasteiger partial charge in [-0.2, -0.15) is 5.10 Å². The van der Waals surface area contributed by atoms with E-state index >= 15 is 0 Å². The van der Waals surface area contributed by atoms with Gasteiger partial charge in [0.2, 0.25) is 0 Å². The summed E-state index contributed by atoms with van der Waals surface area (Å²) in [4.78, 5) is 12.3. The number of nitrogens with one attached hydrogen (secondary N) is 1. The molecule has 0 saturated carbocycles. The van der Waals surface area contributed by atoms with Crippen molar-refractivity contribution in [2.75, 3.05) is 13.7 Å². The molecule has 0 fully saturated rings. The van der Waals surface area contributed by atoms with Crippen molar-refractivity contribution in [2.24, 2.45) is 0 Å². The van der Waals surface area contributed by atoms with Crippen molar-refractivity contribution in [3.8, 4) is 11.5 Å². The first-order valence-electron chi connectivity index (χ1n) is 9.81. The molecule has 1 N–H and O–H groups in total. The Morgan fingerprint density at radius 1 is 1.07 bits per heavy atom. The van der Waals surface area contributed by atoms with Crippen LogP contribution < -0.4 is 14.8 Å². The lowest BCUT2D eigenvalue weighted by atomic mass is 10.1. The van der Waals surface area contributed by atoms with Crippen LogP contribution in [0.25, 0.3) is 0 Å². The molecule has 3 rings (SSSR count). The maximum absolute atomic E-state index is 12.3. The number of benzene rings is 2. The number of rotatable bonds is 9. The lowest BCUT2D eigenvalue weighted by Crippen LogP contribution is -2.25. The summed E-state index contributed by atoms with van der Waals surface area (Å²) in [5.41, 5.74) is 3.72. The van der Waals surface area contributed by atoms with E-state index in [4.69, 9.17) is 9.47 Å². The Hall–Kier alpha value is -2.80. The summed E-state index contributed by atoms with van der Waals surface area (Å²) in [5.74, 6) is 1.49. The highest BCUT2D eigenvalue weighted by atomic mass is 79.9. The predicted molar refractivity (Wildman–Crippen MR) is 120 cm³/mol. The van der Waals surface area contributed by atoms with Gasteiger partial charge >= 0.3 is 0 Å². The molecule has 0 aliphatic rings. The van der Waals surface area contributed by atoms with Crippen LogP contribution in [0.5, 0.6) is 11.5 Å². The molecule has 6 nitrogen and oxygen atoms in total. The monoisotopic (exact) mass is 471 g/mol. The van der Waals surface area contributed by atoms with Crippen molar-refractivity contribution in [1.29, 1.82) is 0 Å². The third-order valence-electron chi connectivity index (χ3n) is 4.81. The molecule has 0 unspecified atom stereocenters. The van der Waals surface area contributed by atoms with E-state index in [0.717, 1.165) is 45.9 Å². The van der Waals surface area contributed by atoms with Crippen molar-refractivity contribution >= 4 is 21.8 Å². The van der Waals surface area contributed by atoms with Gasteiger partial charge < -0.3 is 14.8 Å². The molecular formula is C23H26BrN3O3. The zero-order valence-corrected chi connectivity index (χ0v) is 19.0. The van der Waals surface area contributed by atoms with E-state index in [1.54, 1.807) is 7.11 Å². The van der Waals surface area contributed by atoms with Crippen LogP contribution in [-0.4, -0.2) is 29.3 Å². The van der Waals surface area contributed by atoms with E-state index in [-0.39, 0.29) is 5.91 Å². The fourth-order valence-electron chi connectivity index (χ4n) is 3.02. The van der Waals surface area contributed by atoms with Gasteiger partial charge in [0.05, 0.1) is 17.3 Å². The topological polar surface area (TPSA) is 65.4 Å². The van der Waals surface area contributed by atoms with E-state index in [2.05, 4.69) is 26.3 Å². The first-order chi connectivity index (χ1) is 14.5. The molecule has 0 spiro atoms. The Balaban J connectivity index is 1.43. The molecule has 3 aromatic rings. The minimum Gasteiger partial charge on any atom is -0.497 e. The molecule has 7 heteroatoms. The maximum atomic E-state index is 12.3. The molecule has 1 heterocycles. The molecule has 0 radical (unpaired) electrons. The Morgan fingerprint density at radius 3 is 2.33 bits per heavy atom. The molecule has 0 saturated heterocycles. The van der Waals surface area contributed by atoms with Crippen LogP contribution in [0.15, 0.2) is 53.0 Å². The molecule has 0 bridgehead atoms. The minimum absolute atomic E-state index is 0.0767. The van der Waals surface area contributed by atoms with Crippen LogP contribution in [0.2, 0.25) is 0 Å². The molecule has 0 atom stereocenters. The average molecular weight is 472 g/mol. The number of halogens is 1. The fraction of sp³-hybridized carbons (Fsp3) is 0.304. The summed E-state index contributed by atoms with van der Waals surface area (Å²) in [5, 5.41) is 7.44. The molecule has 0 aliphatic carbocycles. The van der Waals surface area contributed by atoms with E-state index < -0.39 is 0 Å². The van der Waals surface area contributed by atoms with Crippen LogP contribution >= 0.6 is 15.9 Å². The van der Waals surface area contributed by atoms with Crippen molar-refractivity contribution in [1.82, 2.24) is 15.1 Å². The number of hydrogen-bond acceptors (Lipinski definition) is 4. The number of hydrogen-bond donors (Lipinski definition) is 1. The summed E-state index contributed by atoms with van der Waals surface area (Å²) in [6.45, 7) is 5.80. The summed E-state index contributed by atoms with van der Waals surface area (Å²) < 4.78 is 13.9. The number of amides is 1. The van der Waals surface area contributed by atoms with Gasteiger partial charge in [0.1, 0.15) is 18.1 Å². The van der Waals surface area contributed by atoms with Gasteiger partial charge in [0.25, 0.3) is 5.91 Å². The van der Waals surface area contributed by atoms with E-state index in [1.165, 1.54) is 0 Å². The first-order valence-corrected chi connectivity index (χ1v) is 10.6. The number of carbonyl (C=O) groups is 1. The third-order valence-corrected chi connectivity index (χ3v) is 5.95. The van der Waals surface area contributed by atoms with Crippen LogP contribution in [0.3, 0.4) is 0 Å². The zero-order valence-electron chi connectivity index (χ0n) is 17.4. The predicted octanol–water partition coefficient (Wildman–Crippen LogP) is 4.67. The summed E-state index contributed by atoms with van der Waals surface area (Å²) in [6.07, 6.45) is 0.813. The summed E-state index contributed by atoms with van der Waals surface area (Å²) in [7, 11) is 1.63. The lowest BCUT2D eigenvalue weighted by Gasteiger charge is -2.09. The van der Waals surface area contributed by atoms with Crippen molar-refractivity contribution < 1.29 is 14.3 Å². The standard InChI is InChI=1S/C23H26BrN3O3/c1-16-22(24)17(2)27(26-16)14-4-13-25-23(28)19-7-5-18(6-8-19)15-30-21-11-9-20(29-3)10-12-21/h5-12H,4,13-15H2,1-3H3,(H,25,28). The highest BCUT2D eigenvalue weighted by Crippen LogP contribution is 2.20. The number of ether oxygens (including phenoxy) is 2. The van der Waals surface area contributed by atoms with Gasteiger partial charge in [-0.05, 0) is 78.2 Å². The molecular weight excluding hydrogens is 446 g/mol. The second-order valence-corrected chi connectivity index (χ2v) is 7.77. The van der Waals surface area contributed by atoms with Crippen molar-refractivity contribution in [3.63, 3.8) is 0 Å².